The van der Waals surface area contributed by atoms with Crippen LogP contribution in [0.25, 0.3) is 0 Å². The second-order valence-corrected chi connectivity index (χ2v) is 8.73. The SMILES string of the molecule is CN(C)C(CNC(=O)CCc1ccc(C(C)(C)C)cc1)c1cccs1. The minimum Gasteiger partial charge on any atom is -0.354 e. The number of nitrogens with one attached hydrogen (secondary N) is 1. The van der Waals surface area contributed by atoms with Crippen molar-refractivity contribution in [2.24, 2.45) is 0 Å². The maximum atomic E-state index is 12.2. The number of carbonyl (C=O) groups is 1. The van der Waals surface area contributed by atoms with Gasteiger partial charge in [-0.1, -0.05) is 51.1 Å². The molecule has 0 spiro atoms. The highest BCUT2D eigenvalue weighted by Crippen LogP contribution is 2.23. The fourth-order valence-corrected chi connectivity index (χ4v) is 3.67. The second-order valence-electron chi connectivity index (χ2n) is 7.75. The molecule has 1 N–H and O–H groups in total. The molecule has 4 heteroatoms. The first-order chi connectivity index (χ1) is 11.8. The third-order valence-electron chi connectivity index (χ3n) is 4.45. The first kappa shape index (κ1) is 19.7. The number of rotatable bonds is 7. The van der Waals surface area contributed by atoms with E-state index in [1.807, 2.05) is 14.1 Å². The highest BCUT2D eigenvalue weighted by atomic mass is 32.1. The zero-order valence-electron chi connectivity index (χ0n) is 16.0. The molecule has 3 nitrogen and oxygen atoms in total. The Balaban J connectivity index is 1.82. The van der Waals surface area contributed by atoms with E-state index < -0.39 is 0 Å². The zero-order chi connectivity index (χ0) is 18.4. The molecule has 0 saturated heterocycles. The van der Waals surface area contributed by atoms with Gasteiger partial charge in [-0.05, 0) is 48.5 Å². The van der Waals surface area contributed by atoms with Crippen molar-refractivity contribution in [3.05, 3.63) is 57.8 Å². The van der Waals surface area contributed by atoms with Gasteiger partial charge in [0, 0.05) is 17.8 Å². The first-order valence-electron chi connectivity index (χ1n) is 8.83. The maximum Gasteiger partial charge on any atom is 0.220 e. The molecule has 136 valence electrons. The van der Waals surface area contributed by atoms with Crippen LogP contribution in [0.4, 0.5) is 0 Å². The van der Waals surface area contributed by atoms with Gasteiger partial charge < -0.3 is 10.2 Å². The standard InChI is InChI=1S/C21H30N2OS/c1-21(2,3)17-11-8-16(9-12-17)10-13-20(24)22-15-18(23(4)5)19-7-6-14-25-19/h6-9,11-12,14,18H,10,13,15H2,1-5H3,(H,22,24). The van der Waals surface area contributed by atoms with Gasteiger partial charge in [0.2, 0.25) is 5.91 Å². The van der Waals surface area contributed by atoms with E-state index in [1.165, 1.54) is 16.0 Å². The highest BCUT2D eigenvalue weighted by molar-refractivity contribution is 7.10. The van der Waals surface area contributed by atoms with Gasteiger partial charge in [-0.3, -0.25) is 4.79 Å². The topological polar surface area (TPSA) is 32.3 Å². The third-order valence-corrected chi connectivity index (χ3v) is 5.42. The smallest absolute Gasteiger partial charge is 0.220 e. The van der Waals surface area contributed by atoms with E-state index in [-0.39, 0.29) is 17.4 Å². The number of thiophene rings is 1. The number of likely N-dealkylation sites (N-methyl/N-ethyl adjacent to an activating group) is 1. The van der Waals surface area contributed by atoms with Crippen molar-refractivity contribution in [1.29, 1.82) is 0 Å². The Labute approximate surface area is 156 Å². The van der Waals surface area contributed by atoms with Crippen LogP contribution in [0, 0.1) is 0 Å². The molecule has 0 fully saturated rings. The van der Waals surface area contributed by atoms with Crippen LogP contribution >= 0.6 is 11.3 Å². The van der Waals surface area contributed by atoms with E-state index in [0.717, 1.165) is 6.42 Å². The summed E-state index contributed by atoms with van der Waals surface area (Å²) < 4.78 is 0. The Kier molecular flexibility index (Phi) is 6.79. The first-order valence-corrected chi connectivity index (χ1v) is 9.71. The Bertz CT molecular complexity index is 654. The van der Waals surface area contributed by atoms with Crippen LogP contribution in [0.15, 0.2) is 41.8 Å². The third kappa shape index (κ3) is 5.98. The normalized spacial score (nSPS) is 13.0. The fourth-order valence-electron chi connectivity index (χ4n) is 2.75. The molecule has 0 aliphatic heterocycles. The summed E-state index contributed by atoms with van der Waals surface area (Å²) >= 11 is 1.73. The van der Waals surface area contributed by atoms with Gasteiger partial charge in [0.05, 0.1) is 6.04 Å². The predicted octanol–water partition coefficient (Wildman–Crippen LogP) is 4.40. The van der Waals surface area contributed by atoms with E-state index in [9.17, 15) is 4.79 Å². The molecule has 1 amide bonds. The molecule has 0 bridgehead atoms. The minimum absolute atomic E-state index is 0.114. The summed E-state index contributed by atoms with van der Waals surface area (Å²) in [7, 11) is 4.10. The molecule has 0 radical (unpaired) electrons. The Hall–Kier alpha value is -1.65. The van der Waals surface area contributed by atoms with Crippen molar-refractivity contribution in [2.75, 3.05) is 20.6 Å². The van der Waals surface area contributed by atoms with Crippen LogP contribution in [0.3, 0.4) is 0 Å². The summed E-state index contributed by atoms with van der Waals surface area (Å²) in [4.78, 5) is 15.6. The van der Waals surface area contributed by atoms with E-state index in [2.05, 4.69) is 72.8 Å². The van der Waals surface area contributed by atoms with Gasteiger partial charge >= 0.3 is 0 Å². The van der Waals surface area contributed by atoms with Crippen molar-refractivity contribution >= 4 is 17.2 Å². The fraction of sp³-hybridized carbons (Fsp3) is 0.476. The van der Waals surface area contributed by atoms with Crippen molar-refractivity contribution in [3.8, 4) is 0 Å². The molecule has 1 aromatic carbocycles. The van der Waals surface area contributed by atoms with E-state index in [1.54, 1.807) is 11.3 Å². The molecule has 1 aromatic heterocycles. The number of hydrogen-bond acceptors (Lipinski definition) is 3. The Morgan fingerprint density at radius 1 is 1.16 bits per heavy atom. The maximum absolute atomic E-state index is 12.2. The van der Waals surface area contributed by atoms with E-state index in [4.69, 9.17) is 0 Å². The predicted molar refractivity (Wildman–Crippen MR) is 107 cm³/mol. The van der Waals surface area contributed by atoms with Crippen molar-refractivity contribution < 1.29 is 4.79 Å². The lowest BCUT2D eigenvalue weighted by atomic mass is 9.86. The van der Waals surface area contributed by atoms with Crippen molar-refractivity contribution in [2.45, 2.75) is 45.1 Å². The quantitative estimate of drug-likeness (QED) is 0.796. The lowest BCUT2D eigenvalue weighted by Gasteiger charge is -2.23. The van der Waals surface area contributed by atoms with E-state index >= 15 is 0 Å². The Morgan fingerprint density at radius 3 is 2.36 bits per heavy atom. The number of aryl methyl sites for hydroxylation is 1. The molecule has 0 aliphatic rings. The van der Waals surface area contributed by atoms with Gasteiger partial charge in [-0.2, -0.15) is 0 Å². The molecule has 2 rings (SSSR count). The zero-order valence-corrected chi connectivity index (χ0v) is 16.8. The van der Waals surface area contributed by atoms with Crippen LogP contribution < -0.4 is 5.32 Å². The number of carbonyl (C=O) groups excluding carboxylic acids is 1. The molecular formula is C21H30N2OS. The summed E-state index contributed by atoms with van der Waals surface area (Å²) in [6.45, 7) is 7.29. The van der Waals surface area contributed by atoms with Crippen LogP contribution in [-0.2, 0) is 16.6 Å². The van der Waals surface area contributed by atoms with Crippen LogP contribution in [0.2, 0.25) is 0 Å². The molecule has 0 aliphatic carbocycles. The number of nitrogens with zero attached hydrogens (tertiary/aromatic N) is 1. The summed E-state index contributed by atoms with van der Waals surface area (Å²) in [5.74, 6) is 0.114. The van der Waals surface area contributed by atoms with Crippen LogP contribution in [-0.4, -0.2) is 31.4 Å². The van der Waals surface area contributed by atoms with Gasteiger partial charge in [0.15, 0.2) is 0 Å². The van der Waals surface area contributed by atoms with Crippen LogP contribution in [0.1, 0.15) is 49.2 Å². The summed E-state index contributed by atoms with van der Waals surface area (Å²) in [5, 5.41) is 5.16. The molecule has 1 atom stereocenters. The molecule has 1 unspecified atom stereocenters. The molecule has 0 saturated carbocycles. The lowest BCUT2D eigenvalue weighted by molar-refractivity contribution is -0.121. The number of benzene rings is 1. The lowest BCUT2D eigenvalue weighted by Crippen LogP contribution is -2.34. The van der Waals surface area contributed by atoms with Crippen molar-refractivity contribution in [3.63, 3.8) is 0 Å². The summed E-state index contributed by atoms with van der Waals surface area (Å²) in [6.07, 6.45) is 1.31. The van der Waals surface area contributed by atoms with Crippen molar-refractivity contribution in [1.82, 2.24) is 10.2 Å². The highest BCUT2D eigenvalue weighted by Gasteiger charge is 2.16. The van der Waals surface area contributed by atoms with Gasteiger partial charge in [-0.25, -0.2) is 0 Å². The average molecular weight is 359 g/mol. The largest absolute Gasteiger partial charge is 0.354 e. The van der Waals surface area contributed by atoms with Gasteiger partial charge in [0.25, 0.3) is 0 Å². The number of amides is 1. The monoisotopic (exact) mass is 358 g/mol. The van der Waals surface area contributed by atoms with Gasteiger partial charge in [-0.15, -0.1) is 11.3 Å². The van der Waals surface area contributed by atoms with Crippen LogP contribution in [0.5, 0.6) is 0 Å². The number of hydrogen-bond donors (Lipinski definition) is 1. The molecular weight excluding hydrogens is 328 g/mol. The average Bonchev–Trinajstić information content (AvgIpc) is 3.06. The summed E-state index contributed by atoms with van der Waals surface area (Å²) in [5.41, 5.74) is 2.70. The Morgan fingerprint density at radius 2 is 1.84 bits per heavy atom. The van der Waals surface area contributed by atoms with Gasteiger partial charge in [0.1, 0.15) is 0 Å². The minimum atomic E-state index is 0.114. The molecule has 25 heavy (non-hydrogen) atoms. The molecule has 1 heterocycles. The molecule has 2 aromatic rings. The summed E-state index contributed by atoms with van der Waals surface area (Å²) in [6, 6.07) is 13.0. The van der Waals surface area contributed by atoms with E-state index in [0.29, 0.717) is 13.0 Å². The second kappa shape index (κ2) is 8.63.